The highest BCUT2D eigenvalue weighted by molar-refractivity contribution is 9.10. The van der Waals surface area contributed by atoms with Crippen molar-refractivity contribution in [2.24, 2.45) is 0 Å². The fourth-order valence-electron chi connectivity index (χ4n) is 3.85. The van der Waals surface area contributed by atoms with Crippen molar-refractivity contribution in [2.45, 2.75) is 29.0 Å². The molecule has 0 bridgehead atoms. The first-order valence-electron chi connectivity index (χ1n) is 10.2. The lowest BCUT2D eigenvalue weighted by molar-refractivity contribution is 0.383. The number of anilines is 1. The fourth-order valence-corrected chi connectivity index (χ4v) is 5.25. The van der Waals surface area contributed by atoms with E-state index in [0.717, 1.165) is 37.2 Å². The van der Waals surface area contributed by atoms with E-state index in [1.165, 1.54) is 0 Å². The van der Waals surface area contributed by atoms with Crippen LogP contribution in [0.4, 0.5) is 5.69 Å². The Balaban J connectivity index is 1.55. The summed E-state index contributed by atoms with van der Waals surface area (Å²) in [5, 5.41) is 4.97. The van der Waals surface area contributed by atoms with Gasteiger partial charge in [0, 0.05) is 21.3 Å². The molecule has 2 aromatic heterocycles. The second-order valence-corrected chi connectivity index (χ2v) is 9.82. The van der Waals surface area contributed by atoms with E-state index in [2.05, 4.69) is 68.4 Å². The van der Waals surface area contributed by atoms with Gasteiger partial charge in [-0.1, -0.05) is 52.0 Å². The molecule has 1 saturated heterocycles. The summed E-state index contributed by atoms with van der Waals surface area (Å²) >= 11 is 11.0. The maximum Gasteiger partial charge on any atom is 0.174 e. The van der Waals surface area contributed by atoms with Gasteiger partial charge >= 0.3 is 0 Å². The zero-order chi connectivity index (χ0) is 22.1. The Hall–Kier alpha value is -2.61. The van der Waals surface area contributed by atoms with Crippen LogP contribution in [-0.4, -0.2) is 10.1 Å². The number of hydrogen-bond donors (Lipinski definition) is 1. The van der Waals surface area contributed by atoms with Crippen molar-refractivity contribution in [3.8, 4) is 0 Å². The lowest BCUT2D eigenvalue weighted by atomic mass is 10.0. The molecule has 0 saturated carbocycles. The van der Waals surface area contributed by atoms with Crippen LogP contribution in [0.3, 0.4) is 0 Å². The fraction of sp³-hybridized carbons (Fsp3) is 0.120. The maximum atomic E-state index is 6.36. The second kappa shape index (κ2) is 9.10. The first-order chi connectivity index (χ1) is 15.6. The zero-order valence-corrected chi connectivity index (χ0v) is 20.5. The Kier molecular flexibility index (Phi) is 6.04. The minimum atomic E-state index is -0.164. The summed E-state index contributed by atoms with van der Waals surface area (Å²) in [5.41, 5.74) is 3.08. The third-order valence-corrected chi connectivity index (χ3v) is 7.51. The Morgan fingerprint density at radius 1 is 1.03 bits per heavy atom. The predicted octanol–water partition coefficient (Wildman–Crippen LogP) is 7.07. The third kappa shape index (κ3) is 4.20. The number of nitrogens with zero attached hydrogens (tertiary/aromatic N) is 2. The average Bonchev–Trinajstić information content (AvgIpc) is 3.41. The highest BCUT2D eigenvalue weighted by atomic mass is 79.9. The summed E-state index contributed by atoms with van der Waals surface area (Å²) in [6, 6.07) is 26.2. The lowest BCUT2D eigenvalue weighted by Gasteiger charge is -2.26. The van der Waals surface area contributed by atoms with Crippen LogP contribution in [0.25, 0.3) is 0 Å². The minimum absolute atomic E-state index is 0.131. The van der Waals surface area contributed by atoms with Gasteiger partial charge in [-0.05, 0) is 79.3 Å². The van der Waals surface area contributed by atoms with E-state index in [1.807, 2.05) is 54.7 Å². The van der Waals surface area contributed by atoms with Gasteiger partial charge in [0.25, 0.3) is 0 Å². The van der Waals surface area contributed by atoms with Crippen LogP contribution in [0.5, 0.6) is 0 Å². The van der Waals surface area contributed by atoms with Crippen LogP contribution >= 0.6 is 39.9 Å². The molecule has 7 heteroatoms. The molecule has 4 aromatic rings. The molecule has 2 aromatic carbocycles. The number of pyridine rings is 1. The van der Waals surface area contributed by atoms with E-state index in [1.54, 1.807) is 11.8 Å². The zero-order valence-electron chi connectivity index (χ0n) is 17.2. The topological polar surface area (TPSA) is 41.3 Å². The molecular formula is C25H20BrN3OS2. The quantitative estimate of drug-likeness (QED) is 0.283. The number of halogens is 1. The number of aryl methyl sites for hydroxylation is 1. The molecule has 1 aliphatic heterocycles. The van der Waals surface area contributed by atoms with Crippen molar-refractivity contribution < 1.29 is 4.42 Å². The van der Waals surface area contributed by atoms with E-state index in [9.17, 15) is 0 Å². The monoisotopic (exact) mass is 521 g/mol. The Labute approximate surface area is 205 Å². The highest BCUT2D eigenvalue weighted by Gasteiger charge is 2.42. The molecule has 4 nitrogen and oxygen atoms in total. The van der Waals surface area contributed by atoms with Gasteiger partial charge in [0.1, 0.15) is 11.8 Å². The number of benzene rings is 2. The van der Waals surface area contributed by atoms with Gasteiger partial charge in [-0.15, -0.1) is 0 Å². The third-order valence-electron chi connectivity index (χ3n) is 5.37. The standard InChI is InChI=1S/C25H20BrN3OS2/c1-16-15-17(10-11-19(16)26)29-24(23(28-25(29)31)20-9-5-6-14-27-20)21-12-13-22(30-21)32-18-7-3-2-4-8-18/h2-15,23-24H,1H3,(H,28,31)/t23-,24-/m0/s1. The van der Waals surface area contributed by atoms with Gasteiger partial charge in [0.15, 0.2) is 10.2 Å². The van der Waals surface area contributed by atoms with Crippen molar-refractivity contribution in [2.75, 3.05) is 4.90 Å². The van der Waals surface area contributed by atoms with E-state index < -0.39 is 0 Å². The van der Waals surface area contributed by atoms with Crippen molar-refractivity contribution in [3.63, 3.8) is 0 Å². The first kappa shape index (κ1) is 21.2. The largest absolute Gasteiger partial charge is 0.452 e. The molecule has 1 aliphatic rings. The van der Waals surface area contributed by atoms with E-state index >= 15 is 0 Å². The molecule has 5 rings (SSSR count). The molecule has 0 spiro atoms. The summed E-state index contributed by atoms with van der Waals surface area (Å²) in [6.45, 7) is 2.08. The van der Waals surface area contributed by atoms with Crippen LogP contribution in [0.15, 0.2) is 104 Å². The smallest absolute Gasteiger partial charge is 0.174 e. The van der Waals surface area contributed by atoms with Gasteiger partial charge in [-0.3, -0.25) is 4.98 Å². The summed E-state index contributed by atoms with van der Waals surface area (Å²) < 4.78 is 7.43. The Morgan fingerprint density at radius 2 is 1.84 bits per heavy atom. The van der Waals surface area contributed by atoms with Crippen LogP contribution in [0.2, 0.25) is 0 Å². The van der Waals surface area contributed by atoms with Gasteiger partial charge < -0.3 is 14.6 Å². The molecule has 3 heterocycles. The molecule has 0 unspecified atom stereocenters. The van der Waals surface area contributed by atoms with Gasteiger partial charge in [0.05, 0.1) is 11.7 Å². The molecule has 0 radical (unpaired) electrons. The van der Waals surface area contributed by atoms with Crippen LogP contribution in [0.1, 0.15) is 29.1 Å². The molecule has 160 valence electrons. The van der Waals surface area contributed by atoms with Crippen LogP contribution in [-0.2, 0) is 0 Å². The normalized spacial score (nSPS) is 18.1. The van der Waals surface area contributed by atoms with E-state index in [4.69, 9.17) is 16.6 Å². The summed E-state index contributed by atoms with van der Waals surface area (Å²) in [7, 11) is 0. The predicted molar refractivity (Wildman–Crippen MR) is 136 cm³/mol. The SMILES string of the molecule is Cc1cc(N2C(=S)N[C@@H](c3ccccn3)[C@@H]2c2ccc(Sc3ccccc3)o2)ccc1Br. The number of aromatic nitrogens is 1. The van der Waals surface area contributed by atoms with Crippen LogP contribution in [0, 0.1) is 6.92 Å². The van der Waals surface area contributed by atoms with Gasteiger partial charge in [-0.2, -0.15) is 0 Å². The minimum Gasteiger partial charge on any atom is -0.452 e. The Morgan fingerprint density at radius 3 is 2.59 bits per heavy atom. The lowest BCUT2D eigenvalue weighted by Crippen LogP contribution is -2.29. The number of furan rings is 1. The van der Waals surface area contributed by atoms with Crippen molar-refractivity contribution in [1.29, 1.82) is 0 Å². The van der Waals surface area contributed by atoms with E-state index in [0.29, 0.717) is 5.11 Å². The molecule has 32 heavy (non-hydrogen) atoms. The van der Waals surface area contributed by atoms with Gasteiger partial charge in [-0.25, -0.2) is 0 Å². The van der Waals surface area contributed by atoms with Crippen molar-refractivity contribution in [3.05, 3.63) is 107 Å². The van der Waals surface area contributed by atoms with Crippen molar-refractivity contribution in [1.82, 2.24) is 10.3 Å². The summed E-state index contributed by atoms with van der Waals surface area (Å²) in [5.74, 6) is 0.840. The average molecular weight is 522 g/mol. The Bertz CT molecular complexity index is 1250. The first-order valence-corrected chi connectivity index (χ1v) is 12.2. The number of thiocarbonyl (C=S) groups is 1. The molecule has 0 aliphatic carbocycles. The van der Waals surface area contributed by atoms with Crippen molar-refractivity contribution >= 4 is 50.7 Å². The number of nitrogens with one attached hydrogen (secondary N) is 1. The van der Waals surface area contributed by atoms with Gasteiger partial charge in [0.2, 0.25) is 0 Å². The second-order valence-electron chi connectivity index (χ2n) is 7.50. The maximum absolute atomic E-state index is 6.36. The van der Waals surface area contributed by atoms with Crippen LogP contribution < -0.4 is 10.2 Å². The van der Waals surface area contributed by atoms with E-state index in [-0.39, 0.29) is 12.1 Å². The molecule has 2 atom stereocenters. The number of hydrogen-bond acceptors (Lipinski definition) is 4. The summed E-state index contributed by atoms with van der Waals surface area (Å²) in [6.07, 6.45) is 1.81. The molecule has 1 N–H and O–H groups in total. The molecule has 0 amide bonds. The summed E-state index contributed by atoms with van der Waals surface area (Å²) in [4.78, 5) is 7.87. The highest BCUT2D eigenvalue weighted by Crippen LogP contribution is 2.43. The molecule has 1 fully saturated rings. The number of rotatable bonds is 5. The molecular weight excluding hydrogens is 502 g/mol.